The van der Waals surface area contributed by atoms with Crippen molar-refractivity contribution >= 4 is 74.7 Å². The molecule has 0 aliphatic carbocycles. The number of aromatic nitrogens is 4. The molecule has 1 amide bonds. The number of amidine groups is 1. The highest BCUT2D eigenvalue weighted by Crippen LogP contribution is 2.45. The number of nitrogens with zero attached hydrogens (tertiary/aromatic N) is 7. The summed E-state index contributed by atoms with van der Waals surface area (Å²) in [6.07, 6.45) is 6.65. The molecule has 0 unspecified atom stereocenters. The maximum atomic E-state index is 15.4. The molecule has 3 aliphatic heterocycles. The fourth-order valence-electron chi connectivity index (χ4n) is 6.62. The molecule has 6 heterocycles. The molecule has 2 fully saturated rings. The second kappa shape index (κ2) is 15.2. The number of ketones is 1. The van der Waals surface area contributed by atoms with Gasteiger partial charge in [-0.25, -0.2) is 23.4 Å². The number of thioether (sulfide) groups is 1. The number of nitrogen functional groups attached to an aromatic ring is 1. The van der Waals surface area contributed by atoms with Crippen molar-refractivity contribution in [2.75, 3.05) is 31.7 Å². The van der Waals surface area contributed by atoms with Crippen LogP contribution in [0.25, 0.3) is 5.65 Å². The van der Waals surface area contributed by atoms with Crippen LogP contribution in [0.5, 0.6) is 0 Å². The van der Waals surface area contributed by atoms with Crippen molar-refractivity contribution in [1.82, 2.24) is 24.4 Å². The van der Waals surface area contributed by atoms with E-state index < -0.39 is 34.8 Å². The van der Waals surface area contributed by atoms with Crippen LogP contribution < -0.4 is 21.4 Å². The van der Waals surface area contributed by atoms with Crippen LogP contribution >= 0.6 is 34.7 Å². The minimum atomic E-state index is -1.24. The van der Waals surface area contributed by atoms with Crippen molar-refractivity contribution in [2.24, 2.45) is 22.0 Å². The van der Waals surface area contributed by atoms with E-state index in [2.05, 4.69) is 20.6 Å². The first-order valence-corrected chi connectivity index (χ1v) is 18.8. The highest BCUT2D eigenvalue weighted by molar-refractivity contribution is 8.00. The van der Waals surface area contributed by atoms with Gasteiger partial charge in [-0.2, -0.15) is 0 Å². The number of nitrogens with one attached hydrogen (secondary N) is 1. The summed E-state index contributed by atoms with van der Waals surface area (Å²) in [6, 6.07) is 4.65. The number of hydrogen-bond donors (Lipinski definition) is 4. The number of benzene rings is 1. The molecule has 3 aromatic heterocycles. The van der Waals surface area contributed by atoms with E-state index in [0.29, 0.717) is 22.5 Å². The van der Waals surface area contributed by atoms with Gasteiger partial charge in [0, 0.05) is 28.7 Å². The number of oxime groups is 2. The van der Waals surface area contributed by atoms with Gasteiger partial charge in [-0.3, -0.25) is 14.5 Å². The first-order valence-electron chi connectivity index (χ1n) is 16.5. The number of piperidine rings is 1. The Morgan fingerprint density at radius 2 is 2.04 bits per heavy atom. The molecule has 53 heavy (non-hydrogen) atoms. The SMILES string of the molecule is CO/N=C(\C(=O)C[C@@H]1C(=O)N2C(C(=O)O)=C(Cn3ccc4n3cc[n+]4Cc3c(F)cc(C(N)=NOC4CCNCC4)cc3Cl)CS[C@H]12)c1csc(N)n1. The second-order valence-electron chi connectivity index (χ2n) is 12.6. The highest BCUT2D eigenvalue weighted by atomic mass is 35.5. The molecule has 2 saturated heterocycles. The zero-order chi connectivity index (χ0) is 37.4. The molecule has 0 bridgehead atoms. The van der Waals surface area contributed by atoms with Crippen LogP contribution in [0.15, 0.2) is 63.8 Å². The third-order valence-corrected chi connectivity index (χ3v) is 11.7. The van der Waals surface area contributed by atoms with Crippen LogP contribution in [0, 0.1) is 11.7 Å². The van der Waals surface area contributed by atoms with Gasteiger partial charge in [-0.1, -0.05) is 21.9 Å². The molecule has 16 nitrogen and oxygen atoms in total. The van der Waals surface area contributed by atoms with Crippen molar-refractivity contribution in [3.63, 3.8) is 0 Å². The summed E-state index contributed by atoms with van der Waals surface area (Å²) in [5.74, 6) is -3.15. The first-order chi connectivity index (χ1) is 25.5. The number of carboxylic acid groups (broad SMARTS) is 1. The quantitative estimate of drug-likeness (QED) is 0.0508. The number of amides is 1. The Bertz CT molecular complexity index is 2170. The third kappa shape index (κ3) is 7.20. The number of halogens is 2. The van der Waals surface area contributed by atoms with E-state index >= 15 is 4.39 Å². The van der Waals surface area contributed by atoms with E-state index in [4.69, 9.17) is 32.7 Å². The van der Waals surface area contributed by atoms with Crippen molar-refractivity contribution in [2.45, 2.75) is 43.8 Å². The van der Waals surface area contributed by atoms with E-state index in [0.717, 1.165) is 37.3 Å². The van der Waals surface area contributed by atoms with Crippen LogP contribution in [-0.4, -0.2) is 90.8 Å². The van der Waals surface area contributed by atoms with Crippen LogP contribution in [-0.2, 0) is 37.1 Å². The highest BCUT2D eigenvalue weighted by Gasteiger charge is 2.54. The van der Waals surface area contributed by atoms with E-state index in [1.54, 1.807) is 43.8 Å². The lowest BCUT2D eigenvalue weighted by Crippen LogP contribution is -2.62. The molecular formula is C33H35ClFN10O6S2+. The van der Waals surface area contributed by atoms with E-state index in [9.17, 15) is 19.5 Å². The molecule has 7 rings (SSSR count). The van der Waals surface area contributed by atoms with E-state index in [1.807, 2.05) is 6.07 Å². The number of β-lactam (4-membered cyclic amide) rings is 1. The van der Waals surface area contributed by atoms with Gasteiger partial charge in [0.15, 0.2) is 28.7 Å². The summed E-state index contributed by atoms with van der Waals surface area (Å²) < 4.78 is 20.8. The lowest BCUT2D eigenvalue weighted by atomic mass is 9.89. The summed E-state index contributed by atoms with van der Waals surface area (Å²) >= 11 is 9.08. The van der Waals surface area contributed by atoms with Crippen LogP contribution in [0.4, 0.5) is 9.52 Å². The van der Waals surface area contributed by atoms with Crippen molar-refractivity contribution in [3.8, 4) is 0 Å². The number of Topliss-reactive ketones (excluding diaryl/α,β-unsaturated/α-hetero) is 1. The fourth-order valence-corrected chi connectivity index (χ4v) is 8.84. The smallest absolute Gasteiger partial charge is 0.352 e. The molecule has 1 aromatic carbocycles. The predicted octanol–water partition coefficient (Wildman–Crippen LogP) is 2.18. The molecular weight excluding hydrogens is 751 g/mol. The van der Waals surface area contributed by atoms with E-state index in [1.165, 1.54) is 29.8 Å². The van der Waals surface area contributed by atoms with Gasteiger partial charge in [0.2, 0.25) is 5.91 Å². The van der Waals surface area contributed by atoms with Gasteiger partial charge < -0.3 is 31.6 Å². The molecule has 6 N–H and O–H groups in total. The third-order valence-electron chi connectivity index (χ3n) is 9.27. The molecule has 0 radical (unpaired) electrons. The average Bonchev–Trinajstić information content (AvgIpc) is 3.87. The molecule has 4 aromatic rings. The Morgan fingerprint density at radius 1 is 1.25 bits per heavy atom. The van der Waals surface area contributed by atoms with Crippen molar-refractivity contribution < 1.29 is 38.1 Å². The number of fused-ring (bicyclic) bond motifs is 2. The molecule has 3 aliphatic rings. The standard InChI is InChI=1S/C33H34ClFN10O6S2/c1-50-40-27(24-16-53-33(37)39-24)25(46)12-20-30(47)45-28(32(48)49)18(15-52-31(20)45)13-43-7-4-26-42(8-9-44(26)43)14-21-22(34)10-17(11-23(21)35)29(36)41-51-19-2-5-38-6-3-19/h4,7-11,16,19-20,31,38H,2-3,5-6,12-15H2,1H3,(H4-,36,37,39,41,48,49)/p+1/b40-27-/t20-,31-/m1/s1. The Balaban J connectivity index is 1.05. The number of hydrogen-bond acceptors (Lipinski definition) is 12. The van der Waals surface area contributed by atoms with Gasteiger partial charge >= 0.3 is 11.6 Å². The fraction of sp³-hybridized carbons (Fsp3) is 0.364. The first kappa shape index (κ1) is 36.4. The number of thiazole rings is 1. The number of carboxylic acids is 1. The maximum Gasteiger partial charge on any atom is 0.352 e. The monoisotopic (exact) mass is 785 g/mol. The lowest BCUT2D eigenvalue weighted by Gasteiger charge is -2.49. The van der Waals surface area contributed by atoms with Gasteiger partial charge in [-0.15, -0.1) is 27.6 Å². The van der Waals surface area contributed by atoms with Crippen molar-refractivity contribution in [3.05, 3.63) is 81.1 Å². The number of nitrogens with two attached hydrogens (primary N) is 2. The maximum absolute atomic E-state index is 15.4. The number of anilines is 1. The molecule has 278 valence electrons. The zero-order valence-electron chi connectivity index (χ0n) is 28.3. The van der Waals surface area contributed by atoms with Crippen LogP contribution in [0.3, 0.4) is 0 Å². The summed E-state index contributed by atoms with van der Waals surface area (Å²) in [5, 5.41) is 22.8. The van der Waals surface area contributed by atoms with Gasteiger partial charge in [0.05, 0.1) is 35.1 Å². The van der Waals surface area contributed by atoms with E-state index in [-0.39, 0.29) is 64.3 Å². The lowest BCUT2D eigenvalue weighted by molar-refractivity contribution is -0.662. The van der Waals surface area contributed by atoms with Crippen LogP contribution in [0.1, 0.15) is 36.1 Å². The Labute approximate surface area is 314 Å². The zero-order valence-corrected chi connectivity index (χ0v) is 30.7. The number of rotatable bonds is 13. The largest absolute Gasteiger partial charge is 0.477 e. The number of carbonyl (C=O) groups is 3. The second-order valence-corrected chi connectivity index (χ2v) is 15.0. The minimum Gasteiger partial charge on any atom is -0.477 e. The molecule has 20 heteroatoms. The Hall–Kier alpha value is -4.98. The summed E-state index contributed by atoms with van der Waals surface area (Å²) in [4.78, 5) is 54.9. The van der Waals surface area contributed by atoms with Gasteiger partial charge in [0.1, 0.15) is 43.2 Å². The average molecular weight is 786 g/mol. The predicted molar refractivity (Wildman–Crippen MR) is 195 cm³/mol. The number of imidazole rings is 1. The molecule has 0 spiro atoms. The number of aliphatic carboxylic acids is 1. The van der Waals surface area contributed by atoms with Gasteiger partial charge in [-0.05, 0) is 43.6 Å². The Morgan fingerprint density at radius 3 is 2.74 bits per heavy atom. The van der Waals surface area contributed by atoms with Crippen molar-refractivity contribution in [1.29, 1.82) is 0 Å². The van der Waals surface area contributed by atoms with Crippen LogP contribution in [0.2, 0.25) is 5.02 Å². The normalized spacial score (nSPS) is 19.8. The summed E-state index contributed by atoms with van der Waals surface area (Å²) in [5.41, 5.74) is 13.7. The van der Waals surface area contributed by atoms with Gasteiger partial charge in [0.25, 0.3) is 0 Å². The minimum absolute atomic E-state index is 0.0290. The topological polar surface area (TPSA) is 208 Å². The summed E-state index contributed by atoms with van der Waals surface area (Å²) in [6.45, 7) is 1.91. The molecule has 0 saturated carbocycles. The Kier molecular flexibility index (Phi) is 10.4. The molecule has 2 atom stereocenters. The summed E-state index contributed by atoms with van der Waals surface area (Å²) in [7, 11) is 1.29. The number of carbonyl (C=O) groups excluding carboxylic acids is 2.